The van der Waals surface area contributed by atoms with Crippen molar-refractivity contribution in [2.45, 2.75) is 26.7 Å². The minimum Gasteiger partial charge on any atom is -0.337 e. The fraction of sp³-hybridized carbons (Fsp3) is 0.333. The Morgan fingerprint density at radius 2 is 1.78 bits per heavy atom. The second kappa shape index (κ2) is 8.32. The molecule has 3 aromatic rings. The number of halogens is 2. The summed E-state index contributed by atoms with van der Waals surface area (Å²) in [4.78, 5) is 15.1. The number of aromatic nitrogens is 2. The Morgan fingerprint density at radius 3 is 2.41 bits per heavy atom. The van der Waals surface area contributed by atoms with E-state index in [1.54, 1.807) is 16.8 Å². The van der Waals surface area contributed by atoms with Crippen molar-refractivity contribution in [2.24, 2.45) is 7.05 Å². The van der Waals surface area contributed by atoms with Gasteiger partial charge in [-0.2, -0.15) is 5.10 Å². The number of hydrogen-bond donors (Lipinski definition) is 0. The van der Waals surface area contributed by atoms with E-state index >= 15 is 0 Å². The quantitative estimate of drug-likeness (QED) is 0.520. The number of nitrogens with zero attached hydrogens (tertiary/aromatic N) is 3. The minimum absolute atomic E-state index is 0.0167. The van der Waals surface area contributed by atoms with Crippen LogP contribution in [0.15, 0.2) is 36.4 Å². The summed E-state index contributed by atoms with van der Waals surface area (Å²) in [6, 6.07) is 11.3. The second-order valence-corrected chi connectivity index (χ2v) is 7.43. The first-order valence-electron chi connectivity index (χ1n) is 9.18. The van der Waals surface area contributed by atoms with Crippen LogP contribution < -0.4 is 0 Å². The molecule has 0 atom stereocenters. The van der Waals surface area contributed by atoms with Crippen molar-refractivity contribution in [3.8, 4) is 11.1 Å². The summed E-state index contributed by atoms with van der Waals surface area (Å²) in [5.41, 5.74) is 3.11. The molecule has 0 aliphatic rings. The molecule has 142 valence electrons. The minimum atomic E-state index is 0.0167. The number of amides is 1. The number of rotatable bonds is 6. The summed E-state index contributed by atoms with van der Waals surface area (Å²) in [6.45, 7) is 5.64. The third-order valence-electron chi connectivity index (χ3n) is 4.56. The lowest BCUT2D eigenvalue weighted by atomic mass is 10.0. The summed E-state index contributed by atoms with van der Waals surface area (Å²) in [5, 5.41) is 6.64. The van der Waals surface area contributed by atoms with Crippen molar-refractivity contribution in [2.75, 3.05) is 13.1 Å². The fourth-order valence-electron chi connectivity index (χ4n) is 3.40. The van der Waals surface area contributed by atoms with Gasteiger partial charge in [-0.3, -0.25) is 9.48 Å². The highest BCUT2D eigenvalue weighted by molar-refractivity contribution is 6.36. The molecule has 0 unspecified atom stereocenters. The zero-order valence-electron chi connectivity index (χ0n) is 15.8. The van der Waals surface area contributed by atoms with Crippen LogP contribution in [0.3, 0.4) is 0 Å². The number of aryl methyl sites for hydroxylation is 1. The molecule has 0 bridgehead atoms. The van der Waals surface area contributed by atoms with Crippen LogP contribution in [0.4, 0.5) is 0 Å². The number of hydrogen-bond acceptors (Lipinski definition) is 2. The zero-order valence-corrected chi connectivity index (χ0v) is 17.3. The molecule has 1 aromatic heterocycles. The third kappa shape index (κ3) is 3.83. The van der Waals surface area contributed by atoms with Gasteiger partial charge >= 0.3 is 0 Å². The lowest BCUT2D eigenvalue weighted by molar-refractivity contribution is 0.0746. The van der Waals surface area contributed by atoms with Crippen LogP contribution in [-0.2, 0) is 7.05 Å². The van der Waals surface area contributed by atoms with Crippen LogP contribution in [0.5, 0.6) is 0 Å². The average Bonchev–Trinajstić information content (AvgIpc) is 2.97. The zero-order chi connectivity index (χ0) is 19.6. The van der Waals surface area contributed by atoms with E-state index in [9.17, 15) is 4.79 Å². The van der Waals surface area contributed by atoms with Crippen molar-refractivity contribution in [3.05, 3.63) is 52.1 Å². The van der Waals surface area contributed by atoms with E-state index in [4.69, 9.17) is 23.2 Å². The van der Waals surface area contributed by atoms with Crippen molar-refractivity contribution in [1.82, 2.24) is 14.7 Å². The highest BCUT2D eigenvalue weighted by atomic mass is 35.5. The first-order chi connectivity index (χ1) is 13.0. The highest BCUT2D eigenvalue weighted by Gasteiger charge is 2.23. The molecule has 1 amide bonds. The topological polar surface area (TPSA) is 38.1 Å². The van der Waals surface area contributed by atoms with Crippen LogP contribution in [0.25, 0.3) is 22.0 Å². The maximum absolute atomic E-state index is 13.2. The molecule has 0 aliphatic heterocycles. The van der Waals surface area contributed by atoms with Gasteiger partial charge in [-0.15, -0.1) is 0 Å². The number of benzene rings is 2. The maximum Gasteiger partial charge on any atom is 0.272 e. The number of fused-ring (bicyclic) bond motifs is 1. The molecule has 0 saturated heterocycles. The van der Waals surface area contributed by atoms with E-state index in [-0.39, 0.29) is 5.91 Å². The van der Waals surface area contributed by atoms with E-state index < -0.39 is 0 Å². The molecule has 0 fully saturated rings. The Kier molecular flexibility index (Phi) is 6.08. The lowest BCUT2D eigenvalue weighted by Gasteiger charge is -2.21. The normalized spacial score (nSPS) is 11.1. The van der Waals surface area contributed by atoms with Crippen molar-refractivity contribution < 1.29 is 4.79 Å². The molecule has 0 aliphatic carbocycles. The largest absolute Gasteiger partial charge is 0.337 e. The summed E-state index contributed by atoms with van der Waals surface area (Å²) in [7, 11) is 1.82. The van der Waals surface area contributed by atoms with Gasteiger partial charge in [-0.05, 0) is 25.0 Å². The summed E-state index contributed by atoms with van der Waals surface area (Å²) < 4.78 is 1.68. The van der Waals surface area contributed by atoms with Gasteiger partial charge in [0, 0.05) is 46.7 Å². The van der Waals surface area contributed by atoms with Gasteiger partial charge in [0.05, 0.1) is 0 Å². The smallest absolute Gasteiger partial charge is 0.272 e. The number of carbonyl (C=O) groups excluding carboxylic acids is 1. The Labute approximate surface area is 169 Å². The van der Waals surface area contributed by atoms with Crippen LogP contribution in [0.1, 0.15) is 37.2 Å². The Morgan fingerprint density at radius 1 is 1.07 bits per heavy atom. The molecular weight excluding hydrogens is 381 g/mol. The SMILES string of the molecule is CCCN(CCC)C(=O)c1c2cccc(-c3ccc(Cl)cc3Cl)c2nn1C. The van der Waals surface area contributed by atoms with Gasteiger partial charge in [0.1, 0.15) is 11.2 Å². The molecule has 27 heavy (non-hydrogen) atoms. The molecule has 0 spiro atoms. The first kappa shape index (κ1) is 19.7. The van der Waals surface area contributed by atoms with Gasteiger partial charge in [0.15, 0.2) is 0 Å². The molecular formula is C21H23Cl2N3O. The van der Waals surface area contributed by atoms with Crippen LogP contribution in [-0.4, -0.2) is 33.7 Å². The molecule has 0 N–H and O–H groups in total. The molecule has 3 rings (SSSR count). The lowest BCUT2D eigenvalue weighted by Crippen LogP contribution is -2.33. The van der Waals surface area contributed by atoms with Crippen LogP contribution >= 0.6 is 23.2 Å². The van der Waals surface area contributed by atoms with Crippen molar-refractivity contribution >= 4 is 40.0 Å². The van der Waals surface area contributed by atoms with Crippen LogP contribution in [0, 0.1) is 0 Å². The van der Waals surface area contributed by atoms with Gasteiger partial charge < -0.3 is 4.90 Å². The second-order valence-electron chi connectivity index (χ2n) is 6.59. The molecule has 1 heterocycles. The Bertz CT molecular complexity index is 975. The third-order valence-corrected chi connectivity index (χ3v) is 5.11. The highest BCUT2D eigenvalue weighted by Crippen LogP contribution is 2.35. The van der Waals surface area contributed by atoms with E-state index in [0.717, 1.165) is 48.0 Å². The Hall–Kier alpha value is -2.04. The predicted molar refractivity (Wildman–Crippen MR) is 113 cm³/mol. The number of carbonyl (C=O) groups is 1. The monoisotopic (exact) mass is 403 g/mol. The average molecular weight is 404 g/mol. The molecule has 6 heteroatoms. The van der Waals surface area contributed by atoms with Crippen LogP contribution in [0.2, 0.25) is 10.0 Å². The van der Waals surface area contributed by atoms with E-state index in [1.165, 1.54) is 0 Å². The fourth-order valence-corrected chi connectivity index (χ4v) is 3.91. The summed E-state index contributed by atoms with van der Waals surface area (Å²) >= 11 is 12.4. The maximum atomic E-state index is 13.2. The van der Waals surface area contributed by atoms with E-state index in [0.29, 0.717) is 15.7 Å². The van der Waals surface area contributed by atoms with E-state index in [2.05, 4.69) is 18.9 Å². The predicted octanol–water partition coefficient (Wildman–Crippen LogP) is 5.81. The first-order valence-corrected chi connectivity index (χ1v) is 9.93. The van der Waals surface area contributed by atoms with Gasteiger partial charge in [0.25, 0.3) is 5.91 Å². The Balaban J connectivity index is 2.15. The molecule has 0 radical (unpaired) electrons. The molecule has 4 nitrogen and oxygen atoms in total. The van der Waals surface area contributed by atoms with Gasteiger partial charge in [-0.25, -0.2) is 0 Å². The van der Waals surface area contributed by atoms with E-state index in [1.807, 2.05) is 36.2 Å². The van der Waals surface area contributed by atoms with Crippen molar-refractivity contribution in [1.29, 1.82) is 0 Å². The van der Waals surface area contributed by atoms with Gasteiger partial charge in [0.2, 0.25) is 0 Å². The summed E-state index contributed by atoms with van der Waals surface area (Å²) in [5.74, 6) is 0.0167. The van der Waals surface area contributed by atoms with Crippen molar-refractivity contribution in [3.63, 3.8) is 0 Å². The molecule has 2 aromatic carbocycles. The standard InChI is InChI=1S/C21H23Cl2N3O/c1-4-11-26(12-5-2)21(27)20-17-8-6-7-16(19(17)24-25(20)3)15-10-9-14(22)13-18(15)23/h6-10,13H,4-5,11-12H2,1-3H3. The van der Waals surface area contributed by atoms with Gasteiger partial charge in [-0.1, -0.05) is 61.3 Å². The molecule has 0 saturated carbocycles. The summed E-state index contributed by atoms with van der Waals surface area (Å²) in [6.07, 6.45) is 1.85.